The SMILES string of the molecule is CC(C)c1nc2n(c1[N+](=O)[O-])CC(=O)CC2. The molecule has 6 nitrogen and oxygen atoms in total. The molecule has 1 aromatic heterocycles. The third-order valence-electron chi connectivity index (χ3n) is 2.73. The van der Waals surface area contributed by atoms with Crippen molar-refractivity contribution in [1.82, 2.24) is 9.55 Å². The minimum absolute atomic E-state index is 0.00592. The Morgan fingerprint density at radius 3 is 2.69 bits per heavy atom. The number of Topliss-reactive ketones (excluding diaryl/α,β-unsaturated/α-hetero) is 1. The number of hydrogen-bond donors (Lipinski definition) is 0. The van der Waals surface area contributed by atoms with Gasteiger partial charge in [-0.2, -0.15) is 0 Å². The molecule has 16 heavy (non-hydrogen) atoms. The first-order valence-electron chi connectivity index (χ1n) is 5.26. The summed E-state index contributed by atoms with van der Waals surface area (Å²) in [6.45, 7) is 3.82. The lowest BCUT2D eigenvalue weighted by Crippen LogP contribution is -2.20. The van der Waals surface area contributed by atoms with Crippen LogP contribution in [-0.4, -0.2) is 20.3 Å². The summed E-state index contributed by atoms with van der Waals surface area (Å²) in [5.41, 5.74) is 0.481. The number of aryl methyl sites for hydroxylation is 1. The number of aromatic nitrogens is 2. The zero-order chi connectivity index (χ0) is 11.9. The van der Waals surface area contributed by atoms with Crippen molar-refractivity contribution >= 4 is 11.6 Å². The zero-order valence-corrected chi connectivity index (χ0v) is 9.27. The number of nitrogens with zero attached hydrogens (tertiary/aromatic N) is 3. The van der Waals surface area contributed by atoms with Crippen LogP contribution in [-0.2, 0) is 17.8 Å². The van der Waals surface area contributed by atoms with Gasteiger partial charge in [-0.25, -0.2) is 9.55 Å². The van der Waals surface area contributed by atoms with Crippen LogP contribution in [0.3, 0.4) is 0 Å². The quantitative estimate of drug-likeness (QED) is 0.561. The first-order valence-corrected chi connectivity index (χ1v) is 5.26. The second-order valence-corrected chi connectivity index (χ2v) is 4.27. The predicted molar refractivity (Wildman–Crippen MR) is 56.3 cm³/mol. The topological polar surface area (TPSA) is 78.0 Å². The van der Waals surface area contributed by atoms with E-state index in [2.05, 4.69) is 4.98 Å². The van der Waals surface area contributed by atoms with Crippen molar-refractivity contribution in [3.63, 3.8) is 0 Å². The van der Waals surface area contributed by atoms with Gasteiger partial charge in [0, 0.05) is 18.8 Å². The second-order valence-electron chi connectivity index (χ2n) is 4.27. The molecule has 0 saturated carbocycles. The molecule has 0 radical (unpaired) electrons. The Bertz CT molecular complexity index is 462. The number of ketones is 1. The van der Waals surface area contributed by atoms with E-state index in [1.807, 2.05) is 13.8 Å². The van der Waals surface area contributed by atoms with Gasteiger partial charge in [-0.05, 0) is 4.92 Å². The van der Waals surface area contributed by atoms with E-state index in [0.717, 1.165) is 0 Å². The summed E-state index contributed by atoms with van der Waals surface area (Å²) in [4.78, 5) is 26.1. The van der Waals surface area contributed by atoms with Crippen LogP contribution in [0, 0.1) is 10.1 Å². The average Bonchev–Trinajstić information content (AvgIpc) is 2.55. The lowest BCUT2D eigenvalue weighted by molar-refractivity contribution is -0.393. The number of carbonyl (C=O) groups is 1. The summed E-state index contributed by atoms with van der Waals surface area (Å²) < 4.78 is 1.45. The lowest BCUT2D eigenvalue weighted by Gasteiger charge is -2.08. The van der Waals surface area contributed by atoms with Crippen LogP contribution in [0.1, 0.15) is 37.7 Å². The van der Waals surface area contributed by atoms with Crippen molar-refractivity contribution in [2.45, 2.75) is 39.2 Å². The van der Waals surface area contributed by atoms with Crippen molar-refractivity contribution in [1.29, 1.82) is 0 Å². The predicted octanol–water partition coefficient (Wildman–Crippen LogP) is 1.43. The first kappa shape index (κ1) is 10.8. The molecular weight excluding hydrogens is 210 g/mol. The Balaban J connectivity index is 2.58. The summed E-state index contributed by atoms with van der Waals surface area (Å²) in [6, 6.07) is 0. The molecule has 2 heterocycles. The van der Waals surface area contributed by atoms with Crippen molar-refractivity contribution in [3.8, 4) is 0 Å². The second kappa shape index (κ2) is 3.70. The zero-order valence-electron chi connectivity index (χ0n) is 9.27. The molecule has 0 spiro atoms. The first-order chi connectivity index (χ1) is 7.50. The highest BCUT2D eigenvalue weighted by Crippen LogP contribution is 2.29. The lowest BCUT2D eigenvalue weighted by atomic mass is 10.1. The molecule has 0 aliphatic carbocycles. The van der Waals surface area contributed by atoms with Gasteiger partial charge in [0.1, 0.15) is 5.69 Å². The smallest absolute Gasteiger partial charge is 0.346 e. The number of carbonyl (C=O) groups excluding carboxylic acids is 1. The number of rotatable bonds is 2. The van der Waals surface area contributed by atoms with E-state index in [0.29, 0.717) is 24.4 Å². The minimum Gasteiger partial charge on any atom is -0.358 e. The third kappa shape index (κ3) is 1.60. The van der Waals surface area contributed by atoms with Crippen LogP contribution in [0.4, 0.5) is 5.82 Å². The molecule has 0 saturated heterocycles. The molecule has 0 atom stereocenters. The highest BCUT2D eigenvalue weighted by Gasteiger charge is 2.32. The fraction of sp³-hybridized carbons (Fsp3) is 0.600. The molecule has 0 aromatic carbocycles. The van der Waals surface area contributed by atoms with E-state index in [1.165, 1.54) is 4.57 Å². The molecule has 0 fully saturated rings. The number of fused-ring (bicyclic) bond motifs is 1. The highest BCUT2D eigenvalue weighted by atomic mass is 16.6. The summed E-state index contributed by atoms with van der Waals surface area (Å²) in [7, 11) is 0. The van der Waals surface area contributed by atoms with E-state index in [1.54, 1.807) is 0 Å². The van der Waals surface area contributed by atoms with Gasteiger partial charge < -0.3 is 10.1 Å². The van der Waals surface area contributed by atoms with Gasteiger partial charge in [-0.3, -0.25) is 4.79 Å². The third-order valence-corrected chi connectivity index (χ3v) is 2.73. The van der Waals surface area contributed by atoms with E-state index < -0.39 is 4.92 Å². The Morgan fingerprint density at radius 2 is 2.12 bits per heavy atom. The fourth-order valence-corrected chi connectivity index (χ4v) is 1.95. The van der Waals surface area contributed by atoms with E-state index in [-0.39, 0.29) is 24.1 Å². The van der Waals surface area contributed by atoms with Gasteiger partial charge >= 0.3 is 5.82 Å². The molecule has 0 N–H and O–H groups in total. The van der Waals surface area contributed by atoms with Crippen LogP contribution >= 0.6 is 0 Å². The fourth-order valence-electron chi connectivity index (χ4n) is 1.95. The molecule has 86 valence electrons. The normalized spacial score (nSPS) is 15.3. The molecule has 2 rings (SSSR count). The standard InChI is InChI=1S/C10H13N3O3/c1-6(2)9-10(13(15)16)12-5-7(14)3-4-8(12)11-9/h6H,3-5H2,1-2H3. The maximum atomic E-state index is 11.3. The molecular formula is C10H13N3O3. The van der Waals surface area contributed by atoms with Crippen molar-refractivity contribution < 1.29 is 9.72 Å². The average molecular weight is 223 g/mol. The molecule has 1 aliphatic heterocycles. The van der Waals surface area contributed by atoms with Crippen LogP contribution in [0.15, 0.2) is 0 Å². The number of imidazole rings is 1. The molecule has 1 aromatic rings. The van der Waals surface area contributed by atoms with Crippen molar-refractivity contribution in [2.24, 2.45) is 0 Å². The van der Waals surface area contributed by atoms with Gasteiger partial charge in [-0.15, -0.1) is 0 Å². The van der Waals surface area contributed by atoms with Crippen molar-refractivity contribution in [2.75, 3.05) is 0 Å². The summed E-state index contributed by atoms with van der Waals surface area (Å²) in [5, 5.41) is 11.0. The molecule has 0 unspecified atom stereocenters. The van der Waals surface area contributed by atoms with E-state index in [9.17, 15) is 14.9 Å². The largest absolute Gasteiger partial charge is 0.358 e. The maximum absolute atomic E-state index is 11.3. The summed E-state index contributed by atoms with van der Waals surface area (Å²) in [5.74, 6) is 0.671. The number of hydrogen-bond acceptors (Lipinski definition) is 4. The Labute approximate surface area is 92.4 Å². The molecule has 0 amide bonds. The van der Waals surface area contributed by atoms with E-state index >= 15 is 0 Å². The number of nitro groups is 1. The molecule has 6 heteroatoms. The van der Waals surface area contributed by atoms with Gasteiger partial charge in [-0.1, -0.05) is 13.8 Å². The molecule has 0 bridgehead atoms. The van der Waals surface area contributed by atoms with Crippen LogP contribution in [0.25, 0.3) is 0 Å². The van der Waals surface area contributed by atoms with Gasteiger partial charge in [0.2, 0.25) is 0 Å². The maximum Gasteiger partial charge on any atom is 0.346 e. The summed E-state index contributed by atoms with van der Waals surface area (Å²) >= 11 is 0. The monoisotopic (exact) mass is 223 g/mol. The van der Waals surface area contributed by atoms with Crippen LogP contribution in [0.2, 0.25) is 0 Å². The van der Waals surface area contributed by atoms with Gasteiger partial charge in [0.15, 0.2) is 18.2 Å². The minimum atomic E-state index is -0.440. The Morgan fingerprint density at radius 1 is 1.44 bits per heavy atom. The Kier molecular flexibility index (Phi) is 2.49. The molecule has 1 aliphatic rings. The van der Waals surface area contributed by atoms with Crippen LogP contribution < -0.4 is 0 Å². The van der Waals surface area contributed by atoms with Gasteiger partial charge in [0.25, 0.3) is 0 Å². The van der Waals surface area contributed by atoms with Gasteiger partial charge in [0.05, 0.1) is 0 Å². The van der Waals surface area contributed by atoms with E-state index in [4.69, 9.17) is 0 Å². The highest BCUT2D eigenvalue weighted by molar-refractivity contribution is 5.79. The van der Waals surface area contributed by atoms with Crippen molar-refractivity contribution in [3.05, 3.63) is 21.6 Å². The summed E-state index contributed by atoms with van der Waals surface area (Å²) in [6.07, 6.45) is 0.943. The Hall–Kier alpha value is -1.72. The van der Waals surface area contributed by atoms with Crippen LogP contribution in [0.5, 0.6) is 0 Å².